The van der Waals surface area contributed by atoms with Gasteiger partial charge in [0.05, 0.1) is 17.5 Å². The second-order valence-electron chi connectivity index (χ2n) is 7.14. The Morgan fingerprint density at radius 3 is 2.81 bits per heavy atom. The summed E-state index contributed by atoms with van der Waals surface area (Å²) in [5, 5.41) is 17.0. The van der Waals surface area contributed by atoms with E-state index in [2.05, 4.69) is 16.3 Å². The number of nitriles is 1. The van der Waals surface area contributed by atoms with Gasteiger partial charge in [-0.3, -0.25) is 5.10 Å². The number of aromatic amines is 1. The monoisotopic (exact) mass is 454 g/mol. The van der Waals surface area contributed by atoms with E-state index in [1.807, 2.05) is 13.8 Å². The van der Waals surface area contributed by atoms with E-state index in [1.54, 1.807) is 30.3 Å². The maximum absolute atomic E-state index is 14.0. The minimum Gasteiger partial charge on any atom is -0.490 e. The van der Waals surface area contributed by atoms with Crippen LogP contribution in [-0.4, -0.2) is 16.8 Å². The van der Waals surface area contributed by atoms with E-state index in [0.29, 0.717) is 34.9 Å². The van der Waals surface area contributed by atoms with E-state index in [4.69, 9.17) is 31.5 Å². The SMILES string of the molecule is CCOc1cc([C@H]2C(C#N)=C(N)Oc3n[nH]c(C)c32)cc(Cl)c1OCc1ccccc1F. The summed E-state index contributed by atoms with van der Waals surface area (Å²) in [6.07, 6.45) is 0. The zero-order chi connectivity index (χ0) is 22.8. The third kappa shape index (κ3) is 3.83. The van der Waals surface area contributed by atoms with Crippen LogP contribution in [0.25, 0.3) is 0 Å². The van der Waals surface area contributed by atoms with Gasteiger partial charge in [-0.05, 0) is 37.6 Å². The van der Waals surface area contributed by atoms with E-state index in [9.17, 15) is 9.65 Å². The molecular formula is C23H20ClFN4O3. The van der Waals surface area contributed by atoms with E-state index < -0.39 is 5.92 Å². The fourth-order valence-electron chi connectivity index (χ4n) is 3.65. The highest BCUT2D eigenvalue weighted by molar-refractivity contribution is 6.32. The van der Waals surface area contributed by atoms with E-state index in [-0.39, 0.29) is 34.7 Å². The van der Waals surface area contributed by atoms with Crippen molar-refractivity contribution in [2.45, 2.75) is 26.4 Å². The van der Waals surface area contributed by atoms with Crippen LogP contribution < -0.4 is 19.9 Å². The number of nitrogens with zero attached hydrogens (tertiary/aromatic N) is 2. The number of nitrogens with one attached hydrogen (secondary N) is 1. The van der Waals surface area contributed by atoms with Crippen LogP contribution in [0.5, 0.6) is 17.4 Å². The van der Waals surface area contributed by atoms with Crippen LogP contribution >= 0.6 is 11.6 Å². The second kappa shape index (κ2) is 8.81. The Hall–Kier alpha value is -3.70. The molecule has 164 valence electrons. The van der Waals surface area contributed by atoms with Crippen LogP contribution in [0.15, 0.2) is 47.9 Å². The molecule has 1 aliphatic heterocycles. The number of hydrogen-bond acceptors (Lipinski definition) is 6. The molecule has 0 spiro atoms. The molecule has 1 aliphatic rings. The van der Waals surface area contributed by atoms with Crippen LogP contribution in [0.4, 0.5) is 4.39 Å². The summed E-state index contributed by atoms with van der Waals surface area (Å²) in [6, 6.07) is 11.9. The number of rotatable bonds is 6. The number of H-pyrrole nitrogens is 1. The molecule has 0 unspecified atom stereocenters. The lowest BCUT2D eigenvalue weighted by molar-refractivity contribution is 0.265. The van der Waals surface area contributed by atoms with Gasteiger partial charge in [0.25, 0.3) is 0 Å². The maximum atomic E-state index is 14.0. The quantitative estimate of drug-likeness (QED) is 0.558. The number of aryl methyl sites for hydroxylation is 1. The van der Waals surface area contributed by atoms with Gasteiger partial charge < -0.3 is 19.9 Å². The molecule has 4 rings (SSSR count). The molecule has 1 atom stereocenters. The average molecular weight is 455 g/mol. The Kier molecular flexibility index (Phi) is 5.93. The van der Waals surface area contributed by atoms with Gasteiger partial charge in [-0.25, -0.2) is 4.39 Å². The first-order valence-corrected chi connectivity index (χ1v) is 10.3. The van der Waals surface area contributed by atoms with Crippen molar-refractivity contribution in [2.75, 3.05) is 6.61 Å². The Balaban J connectivity index is 1.77. The summed E-state index contributed by atoms with van der Waals surface area (Å²) < 4.78 is 31.1. The largest absolute Gasteiger partial charge is 0.490 e. The van der Waals surface area contributed by atoms with E-state index >= 15 is 0 Å². The first-order valence-electron chi connectivity index (χ1n) is 9.89. The van der Waals surface area contributed by atoms with Gasteiger partial charge in [0.15, 0.2) is 11.5 Å². The van der Waals surface area contributed by atoms with Crippen LogP contribution in [0.1, 0.15) is 35.2 Å². The third-order valence-corrected chi connectivity index (χ3v) is 5.41. The lowest BCUT2D eigenvalue weighted by Gasteiger charge is -2.25. The lowest BCUT2D eigenvalue weighted by atomic mass is 9.84. The first-order chi connectivity index (χ1) is 15.4. The normalized spacial score (nSPS) is 15.0. The van der Waals surface area contributed by atoms with Crippen molar-refractivity contribution >= 4 is 11.6 Å². The van der Waals surface area contributed by atoms with Gasteiger partial charge in [-0.2, -0.15) is 5.26 Å². The highest BCUT2D eigenvalue weighted by atomic mass is 35.5. The van der Waals surface area contributed by atoms with E-state index in [0.717, 1.165) is 5.69 Å². The first kappa shape index (κ1) is 21.5. The fourth-order valence-corrected chi connectivity index (χ4v) is 3.93. The van der Waals surface area contributed by atoms with Gasteiger partial charge in [0.1, 0.15) is 24.1 Å². The van der Waals surface area contributed by atoms with E-state index in [1.165, 1.54) is 6.07 Å². The molecule has 32 heavy (non-hydrogen) atoms. The molecule has 2 aromatic carbocycles. The third-order valence-electron chi connectivity index (χ3n) is 5.12. The molecule has 9 heteroatoms. The Morgan fingerprint density at radius 1 is 1.31 bits per heavy atom. The number of nitrogens with two attached hydrogens (primary N) is 1. The minimum absolute atomic E-state index is 0.0227. The molecule has 0 saturated heterocycles. The van der Waals surface area contributed by atoms with Crippen molar-refractivity contribution in [1.29, 1.82) is 5.26 Å². The molecule has 0 fully saturated rings. The standard InChI is InChI=1S/C23H20ClFN4O3/c1-3-30-18-9-14(8-16(24)21(18)31-11-13-6-4-5-7-17(13)25)20-15(10-26)22(27)32-23-19(20)12(2)28-29-23/h4-9,20H,3,11,27H2,1-2H3,(H,28,29)/t20-/m0/s1. The molecule has 2 heterocycles. The molecule has 0 saturated carbocycles. The molecule has 0 aliphatic carbocycles. The fraction of sp³-hybridized carbons (Fsp3) is 0.217. The van der Waals surface area contributed by atoms with Crippen molar-refractivity contribution in [2.24, 2.45) is 5.73 Å². The van der Waals surface area contributed by atoms with Crippen molar-refractivity contribution in [3.8, 4) is 23.4 Å². The van der Waals surface area contributed by atoms with Crippen LogP contribution in [-0.2, 0) is 6.61 Å². The van der Waals surface area contributed by atoms with Crippen LogP contribution in [0, 0.1) is 24.1 Å². The molecule has 3 N–H and O–H groups in total. The summed E-state index contributed by atoms with van der Waals surface area (Å²) >= 11 is 6.58. The topological polar surface area (TPSA) is 106 Å². The smallest absolute Gasteiger partial charge is 0.244 e. The maximum Gasteiger partial charge on any atom is 0.244 e. The number of allylic oxidation sites excluding steroid dienone is 1. The molecule has 0 bridgehead atoms. The number of hydrogen-bond donors (Lipinski definition) is 2. The summed E-state index contributed by atoms with van der Waals surface area (Å²) in [5.41, 5.74) is 8.70. The second-order valence-corrected chi connectivity index (χ2v) is 7.54. The summed E-state index contributed by atoms with van der Waals surface area (Å²) in [6.45, 7) is 3.98. The van der Waals surface area contributed by atoms with Crippen LogP contribution in [0.3, 0.4) is 0 Å². The van der Waals surface area contributed by atoms with Gasteiger partial charge in [-0.1, -0.05) is 29.8 Å². The van der Waals surface area contributed by atoms with Crippen LogP contribution in [0.2, 0.25) is 5.02 Å². The van der Waals surface area contributed by atoms with Crippen molar-refractivity contribution < 1.29 is 18.6 Å². The number of fused-ring (bicyclic) bond motifs is 1. The Bertz CT molecular complexity index is 1250. The molecule has 7 nitrogen and oxygen atoms in total. The number of benzene rings is 2. The minimum atomic E-state index is -0.556. The Morgan fingerprint density at radius 2 is 2.09 bits per heavy atom. The van der Waals surface area contributed by atoms with Gasteiger partial charge >= 0.3 is 0 Å². The highest BCUT2D eigenvalue weighted by Crippen LogP contribution is 2.46. The average Bonchev–Trinajstić information content (AvgIpc) is 3.13. The Labute approximate surface area is 189 Å². The number of aromatic nitrogens is 2. The van der Waals surface area contributed by atoms with Gasteiger partial charge in [0, 0.05) is 16.8 Å². The number of halogens is 2. The highest BCUT2D eigenvalue weighted by Gasteiger charge is 2.35. The molecular weight excluding hydrogens is 435 g/mol. The zero-order valence-electron chi connectivity index (χ0n) is 17.4. The molecule has 0 amide bonds. The predicted octanol–water partition coefficient (Wildman–Crippen LogP) is 4.71. The molecule has 0 radical (unpaired) electrons. The molecule has 1 aromatic heterocycles. The van der Waals surface area contributed by atoms with Gasteiger partial charge in [-0.15, -0.1) is 5.10 Å². The number of ether oxygens (including phenoxy) is 3. The zero-order valence-corrected chi connectivity index (χ0v) is 18.2. The van der Waals surface area contributed by atoms with Crippen molar-refractivity contribution in [3.63, 3.8) is 0 Å². The summed E-state index contributed by atoms with van der Waals surface area (Å²) in [4.78, 5) is 0. The van der Waals surface area contributed by atoms with Crippen molar-refractivity contribution in [1.82, 2.24) is 10.2 Å². The summed E-state index contributed by atoms with van der Waals surface area (Å²) in [7, 11) is 0. The van der Waals surface area contributed by atoms with Gasteiger partial charge in [0.2, 0.25) is 11.8 Å². The molecule has 3 aromatic rings. The van der Waals surface area contributed by atoms with Crippen molar-refractivity contribution in [3.05, 3.63) is 81.1 Å². The summed E-state index contributed by atoms with van der Waals surface area (Å²) in [5.74, 6) is 0.00876. The predicted molar refractivity (Wildman–Crippen MR) is 116 cm³/mol. The lowest BCUT2D eigenvalue weighted by Crippen LogP contribution is -2.21.